The fraction of sp³-hybridized carbons (Fsp3) is 0.0400. The van der Waals surface area contributed by atoms with Crippen molar-refractivity contribution in [1.29, 1.82) is 0 Å². The van der Waals surface area contributed by atoms with Crippen molar-refractivity contribution in [2.24, 2.45) is 5.10 Å². The fourth-order valence-corrected chi connectivity index (χ4v) is 5.61. The molecule has 3 N–H and O–H groups in total. The number of carbonyl (C=O) groups is 1. The van der Waals surface area contributed by atoms with Crippen molar-refractivity contribution in [3.8, 4) is 11.5 Å². The van der Waals surface area contributed by atoms with Gasteiger partial charge in [-0.15, -0.1) is 0 Å². The quantitative estimate of drug-likeness (QED) is 0.232. The third kappa shape index (κ3) is 3.71. The highest BCUT2D eigenvalue weighted by atomic mass is 32.2. The van der Waals surface area contributed by atoms with Crippen molar-refractivity contribution in [3.05, 3.63) is 95.6 Å². The lowest BCUT2D eigenvalue weighted by Crippen LogP contribution is -2.26. The van der Waals surface area contributed by atoms with Crippen LogP contribution in [-0.2, 0) is 16.6 Å². The van der Waals surface area contributed by atoms with E-state index in [1.54, 1.807) is 42.5 Å². The van der Waals surface area contributed by atoms with Gasteiger partial charge in [-0.05, 0) is 59.0 Å². The number of benzene rings is 4. The molecule has 0 unspecified atom stereocenters. The molecule has 0 bridgehead atoms. The molecule has 34 heavy (non-hydrogen) atoms. The first-order chi connectivity index (χ1) is 16.3. The van der Waals surface area contributed by atoms with Crippen molar-refractivity contribution >= 4 is 38.6 Å². The molecule has 170 valence electrons. The van der Waals surface area contributed by atoms with Crippen LogP contribution in [0.25, 0.3) is 10.8 Å². The van der Waals surface area contributed by atoms with Crippen molar-refractivity contribution in [2.75, 3.05) is 4.31 Å². The highest BCUT2D eigenvalue weighted by Crippen LogP contribution is 2.42. The molecule has 0 spiro atoms. The van der Waals surface area contributed by atoms with Gasteiger partial charge >= 0.3 is 0 Å². The van der Waals surface area contributed by atoms with Crippen LogP contribution in [0.4, 0.5) is 5.69 Å². The van der Waals surface area contributed by atoms with Crippen LogP contribution in [0.15, 0.2) is 88.9 Å². The molecule has 0 saturated heterocycles. The minimum absolute atomic E-state index is 0.139. The van der Waals surface area contributed by atoms with E-state index in [-0.39, 0.29) is 18.0 Å². The lowest BCUT2D eigenvalue weighted by atomic mass is 10.1. The Labute approximate surface area is 195 Å². The number of aromatic hydroxyl groups is 2. The molecular weight excluding hydrogens is 454 g/mol. The third-order valence-electron chi connectivity index (χ3n) is 5.60. The van der Waals surface area contributed by atoms with Gasteiger partial charge in [0.05, 0.1) is 23.3 Å². The van der Waals surface area contributed by atoms with E-state index in [2.05, 4.69) is 10.5 Å². The molecule has 9 heteroatoms. The average Bonchev–Trinajstić information content (AvgIpc) is 3.05. The number of phenolic OH excluding ortho intramolecular Hbond substituents is 2. The number of hydrogen-bond donors (Lipinski definition) is 3. The summed E-state index contributed by atoms with van der Waals surface area (Å²) in [5, 5.41) is 24.3. The van der Waals surface area contributed by atoms with Gasteiger partial charge in [0.2, 0.25) is 0 Å². The Bertz CT molecular complexity index is 1560. The Morgan fingerprint density at radius 1 is 0.941 bits per heavy atom. The van der Waals surface area contributed by atoms with Gasteiger partial charge in [0, 0.05) is 10.9 Å². The summed E-state index contributed by atoms with van der Waals surface area (Å²) in [5.41, 5.74) is 4.61. The average molecular weight is 474 g/mol. The Kier molecular flexibility index (Phi) is 5.18. The SMILES string of the molecule is O=C(N/N=C/c1ccc(O)c(O)c1)c1ccc(CN2c3cccc4cccc(c34)S2(=O)=O)cc1. The highest BCUT2D eigenvalue weighted by molar-refractivity contribution is 7.93. The van der Waals surface area contributed by atoms with Crippen LogP contribution in [0.1, 0.15) is 21.5 Å². The number of anilines is 1. The third-order valence-corrected chi connectivity index (χ3v) is 7.40. The zero-order valence-electron chi connectivity index (χ0n) is 17.7. The summed E-state index contributed by atoms with van der Waals surface area (Å²) in [4.78, 5) is 12.7. The second kappa shape index (κ2) is 8.20. The summed E-state index contributed by atoms with van der Waals surface area (Å²) in [6.45, 7) is 0.139. The summed E-state index contributed by atoms with van der Waals surface area (Å²) in [7, 11) is -3.67. The number of hydrazone groups is 1. The Hall–Kier alpha value is -4.37. The van der Waals surface area contributed by atoms with Crippen molar-refractivity contribution in [1.82, 2.24) is 5.43 Å². The normalized spacial score (nSPS) is 14.1. The maximum Gasteiger partial charge on any atom is 0.271 e. The zero-order valence-corrected chi connectivity index (χ0v) is 18.5. The number of amides is 1. The molecule has 1 heterocycles. The van der Waals surface area contributed by atoms with Gasteiger partial charge in [0.25, 0.3) is 15.9 Å². The van der Waals surface area contributed by atoms with Crippen LogP contribution in [-0.4, -0.2) is 30.8 Å². The van der Waals surface area contributed by atoms with Gasteiger partial charge in [-0.1, -0.05) is 36.4 Å². The molecule has 0 atom stereocenters. The molecule has 1 amide bonds. The topological polar surface area (TPSA) is 119 Å². The van der Waals surface area contributed by atoms with E-state index in [1.807, 2.05) is 18.2 Å². The first-order valence-electron chi connectivity index (χ1n) is 10.3. The van der Waals surface area contributed by atoms with Crippen LogP contribution in [0, 0.1) is 0 Å². The monoisotopic (exact) mass is 473 g/mol. The molecule has 1 aliphatic rings. The van der Waals surface area contributed by atoms with Crippen LogP contribution < -0.4 is 9.73 Å². The van der Waals surface area contributed by atoms with Crippen LogP contribution in [0.2, 0.25) is 0 Å². The number of carbonyl (C=O) groups excluding carboxylic acids is 1. The second-order valence-electron chi connectivity index (χ2n) is 7.79. The van der Waals surface area contributed by atoms with Gasteiger partial charge in [-0.25, -0.2) is 13.8 Å². The van der Waals surface area contributed by atoms with E-state index in [9.17, 15) is 23.4 Å². The molecular formula is C25H19N3O5S. The Morgan fingerprint density at radius 3 is 2.41 bits per heavy atom. The Balaban J connectivity index is 1.30. The highest BCUT2D eigenvalue weighted by Gasteiger charge is 2.35. The lowest BCUT2D eigenvalue weighted by Gasteiger charge is -2.19. The summed E-state index contributed by atoms with van der Waals surface area (Å²) in [6.07, 6.45) is 1.34. The van der Waals surface area contributed by atoms with Crippen LogP contribution in [0.3, 0.4) is 0 Å². The van der Waals surface area contributed by atoms with Crippen LogP contribution >= 0.6 is 0 Å². The number of nitrogens with zero attached hydrogens (tertiary/aromatic N) is 2. The van der Waals surface area contributed by atoms with Gasteiger partial charge in [-0.3, -0.25) is 9.10 Å². The minimum atomic E-state index is -3.67. The van der Waals surface area contributed by atoms with Crippen molar-refractivity contribution in [3.63, 3.8) is 0 Å². The summed E-state index contributed by atoms with van der Waals surface area (Å²) in [6, 6.07) is 21.5. The van der Waals surface area contributed by atoms with E-state index in [1.165, 1.54) is 28.7 Å². The van der Waals surface area contributed by atoms with E-state index >= 15 is 0 Å². The van der Waals surface area contributed by atoms with Gasteiger partial charge in [-0.2, -0.15) is 5.10 Å². The lowest BCUT2D eigenvalue weighted by molar-refractivity contribution is 0.0955. The summed E-state index contributed by atoms with van der Waals surface area (Å²) >= 11 is 0. The zero-order chi connectivity index (χ0) is 23.9. The van der Waals surface area contributed by atoms with Gasteiger partial charge in [0.1, 0.15) is 0 Å². The van der Waals surface area contributed by atoms with Crippen molar-refractivity contribution < 1.29 is 23.4 Å². The van der Waals surface area contributed by atoms with Gasteiger partial charge < -0.3 is 10.2 Å². The van der Waals surface area contributed by atoms with Crippen LogP contribution in [0.5, 0.6) is 11.5 Å². The number of sulfonamides is 1. The predicted molar refractivity (Wildman–Crippen MR) is 129 cm³/mol. The molecule has 0 radical (unpaired) electrons. The first kappa shape index (κ1) is 21.5. The molecule has 4 aromatic carbocycles. The van der Waals surface area contributed by atoms with Crippen molar-refractivity contribution in [2.45, 2.75) is 11.4 Å². The van der Waals surface area contributed by atoms with E-state index < -0.39 is 15.9 Å². The number of nitrogens with one attached hydrogen (secondary N) is 1. The van der Waals surface area contributed by atoms with Gasteiger partial charge in [0.15, 0.2) is 11.5 Å². The maximum absolute atomic E-state index is 13.1. The number of rotatable bonds is 5. The van der Waals surface area contributed by atoms with E-state index in [0.29, 0.717) is 21.7 Å². The summed E-state index contributed by atoms with van der Waals surface area (Å²) < 4.78 is 27.7. The maximum atomic E-state index is 13.1. The molecule has 0 fully saturated rings. The molecule has 0 aliphatic carbocycles. The summed E-state index contributed by atoms with van der Waals surface area (Å²) in [5.74, 6) is -0.981. The number of hydrogen-bond acceptors (Lipinski definition) is 6. The standard InChI is InChI=1S/C25H19N3O5S/c29-21-12-9-17(13-22(21)30)14-26-27-25(31)19-10-7-16(8-11-19)15-28-20-5-1-3-18-4-2-6-23(24(18)20)34(28,32)33/h1-14,29-30H,15H2,(H,27,31)/b26-14+. The largest absolute Gasteiger partial charge is 0.504 e. The predicted octanol–water partition coefficient (Wildman–Crippen LogP) is 3.72. The van der Waals surface area contributed by atoms with E-state index in [0.717, 1.165) is 16.3 Å². The smallest absolute Gasteiger partial charge is 0.271 e. The molecule has 8 nitrogen and oxygen atoms in total. The number of phenols is 2. The molecule has 0 saturated carbocycles. The molecule has 1 aliphatic heterocycles. The second-order valence-corrected chi connectivity index (χ2v) is 9.62. The van der Waals surface area contributed by atoms with E-state index in [4.69, 9.17) is 0 Å². The minimum Gasteiger partial charge on any atom is -0.504 e. The fourth-order valence-electron chi connectivity index (χ4n) is 3.91. The molecule has 0 aromatic heterocycles. The molecule has 4 aromatic rings. The molecule has 5 rings (SSSR count). The Morgan fingerprint density at radius 2 is 1.68 bits per heavy atom. The first-order valence-corrected chi connectivity index (χ1v) is 11.8.